The van der Waals surface area contributed by atoms with E-state index in [-0.39, 0.29) is 5.91 Å². The van der Waals surface area contributed by atoms with Gasteiger partial charge < -0.3 is 15.2 Å². The maximum absolute atomic E-state index is 13.2. The Bertz CT molecular complexity index is 872. The molecule has 4 nitrogen and oxygen atoms in total. The lowest BCUT2D eigenvalue weighted by Crippen LogP contribution is -2.53. The van der Waals surface area contributed by atoms with Crippen molar-refractivity contribution >= 4 is 5.91 Å². The third kappa shape index (κ3) is 3.51. The summed E-state index contributed by atoms with van der Waals surface area (Å²) in [6.45, 7) is 3.62. The third-order valence-corrected chi connectivity index (χ3v) is 5.99. The second-order valence-electron chi connectivity index (χ2n) is 8.39. The van der Waals surface area contributed by atoms with Crippen molar-refractivity contribution in [2.75, 3.05) is 0 Å². The Balaban J connectivity index is 1.67. The molecule has 0 spiro atoms. The van der Waals surface area contributed by atoms with Crippen LogP contribution in [0.15, 0.2) is 42.5 Å². The highest BCUT2D eigenvalue weighted by Crippen LogP contribution is 2.43. The van der Waals surface area contributed by atoms with Crippen molar-refractivity contribution < 1.29 is 19.0 Å². The lowest BCUT2D eigenvalue weighted by atomic mass is 9.84. The molecule has 1 fully saturated rings. The molecule has 2 N–H and O–H groups in total. The number of benzene rings is 2. The maximum Gasteiger partial charge on any atom is 0.251 e. The Hall–Kier alpha value is -2.40. The molecule has 2 atom stereocenters. The number of aliphatic hydroxyl groups excluding tert-OH is 1. The lowest BCUT2D eigenvalue weighted by molar-refractivity contribution is -0.0628. The Morgan fingerprint density at radius 1 is 1.14 bits per heavy atom. The average Bonchev–Trinajstić information content (AvgIpc) is 3.20. The monoisotopic (exact) mass is 383 g/mol. The molecule has 1 aliphatic carbocycles. The van der Waals surface area contributed by atoms with E-state index in [1.165, 1.54) is 55.5 Å². The first-order valence-electron chi connectivity index (χ1n) is 9.92. The summed E-state index contributed by atoms with van der Waals surface area (Å²) in [5, 5.41) is 13.9. The Labute approximate surface area is 164 Å². The number of hydrogen-bond acceptors (Lipinski definition) is 3. The van der Waals surface area contributed by atoms with Crippen LogP contribution in [0.2, 0.25) is 0 Å². The highest BCUT2D eigenvalue weighted by atomic mass is 19.1. The number of ether oxygens (including phenoxy) is 1. The third-order valence-electron chi connectivity index (χ3n) is 5.99. The number of carbonyl (C=O) groups is 1. The van der Waals surface area contributed by atoms with Crippen molar-refractivity contribution in [2.24, 2.45) is 0 Å². The molecule has 0 saturated heterocycles. The first-order valence-corrected chi connectivity index (χ1v) is 9.92. The van der Waals surface area contributed by atoms with Gasteiger partial charge in [-0.2, -0.15) is 0 Å². The van der Waals surface area contributed by atoms with Crippen molar-refractivity contribution in [1.82, 2.24) is 5.32 Å². The zero-order valence-electron chi connectivity index (χ0n) is 16.2. The van der Waals surface area contributed by atoms with E-state index in [4.69, 9.17) is 4.74 Å². The van der Waals surface area contributed by atoms with Crippen molar-refractivity contribution in [3.63, 3.8) is 0 Å². The summed E-state index contributed by atoms with van der Waals surface area (Å²) >= 11 is 0. The van der Waals surface area contributed by atoms with Gasteiger partial charge in [0.05, 0.1) is 6.04 Å². The molecule has 148 valence electrons. The van der Waals surface area contributed by atoms with Gasteiger partial charge in [0, 0.05) is 11.1 Å². The topological polar surface area (TPSA) is 58.6 Å². The average molecular weight is 383 g/mol. The number of hydrogen-bond donors (Lipinski definition) is 2. The molecule has 28 heavy (non-hydrogen) atoms. The Morgan fingerprint density at radius 3 is 2.50 bits per heavy atom. The van der Waals surface area contributed by atoms with Crippen molar-refractivity contribution in [3.8, 4) is 5.75 Å². The smallest absolute Gasteiger partial charge is 0.251 e. The molecule has 1 amide bonds. The van der Waals surface area contributed by atoms with Gasteiger partial charge in [-0.15, -0.1) is 0 Å². The van der Waals surface area contributed by atoms with Crippen LogP contribution in [0.25, 0.3) is 0 Å². The van der Waals surface area contributed by atoms with Crippen LogP contribution in [0.3, 0.4) is 0 Å². The van der Waals surface area contributed by atoms with Crippen LogP contribution in [0.5, 0.6) is 5.75 Å². The van der Waals surface area contributed by atoms with Gasteiger partial charge in [-0.3, -0.25) is 4.79 Å². The highest BCUT2D eigenvalue weighted by Gasteiger charge is 2.44. The largest absolute Gasteiger partial charge is 0.485 e. The number of aliphatic hydroxyl groups is 1. The summed E-state index contributed by atoms with van der Waals surface area (Å²) in [5.41, 5.74) is 1.54. The molecule has 2 aromatic carbocycles. The first-order chi connectivity index (χ1) is 13.3. The fourth-order valence-electron chi connectivity index (χ4n) is 4.31. The molecule has 5 heteroatoms. The lowest BCUT2D eigenvalue weighted by Gasteiger charge is -2.42. The number of amides is 1. The van der Waals surface area contributed by atoms with E-state index < -0.39 is 23.6 Å². The standard InChI is InChI=1S/C23H26FNO3/c1-23(2)21(26)20(25-22(27)15-7-10-17(24)11-8-15)18-13-16(9-12-19(18)28-23)14-5-3-4-6-14/h7-14,20-21,26H,3-6H2,1-2H3,(H,25,27)/t20-,21+/m0/s1. The quantitative estimate of drug-likeness (QED) is 0.821. The predicted octanol–water partition coefficient (Wildman–Crippen LogP) is 4.49. The molecule has 1 heterocycles. The van der Waals surface area contributed by atoms with Crippen LogP contribution < -0.4 is 10.1 Å². The van der Waals surface area contributed by atoms with E-state index in [0.29, 0.717) is 17.2 Å². The Morgan fingerprint density at radius 2 is 1.82 bits per heavy atom. The fourth-order valence-corrected chi connectivity index (χ4v) is 4.31. The summed E-state index contributed by atoms with van der Waals surface area (Å²) in [6.07, 6.45) is 3.89. The number of carbonyl (C=O) groups excluding carboxylic acids is 1. The molecule has 2 aliphatic rings. The van der Waals surface area contributed by atoms with Crippen LogP contribution in [-0.2, 0) is 0 Å². The van der Waals surface area contributed by atoms with Gasteiger partial charge in [0.1, 0.15) is 23.3 Å². The normalized spacial score (nSPS) is 23.7. The van der Waals surface area contributed by atoms with E-state index in [2.05, 4.69) is 17.4 Å². The van der Waals surface area contributed by atoms with E-state index in [1.807, 2.05) is 19.9 Å². The second-order valence-corrected chi connectivity index (χ2v) is 8.39. The van der Waals surface area contributed by atoms with Crippen LogP contribution >= 0.6 is 0 Å². The predicted molar refractivity (Wildman–Crippen MR) is 105 cm³/mol. The number of rotatable bonds is 3. The van der Waals surface area contributed by atoms with Crippen molar-refractivity contribution in [3.05, 3.63) is 65.0 Å². The summed E-state index contributed by atoms with van der Waals surface area (Å²) in [4.78, 5) is 12.7. The molecule has 4 rings (SSSR count). The second kappa shape index (κ2) is 7.21. The molecule has 1 aliphatic heterocycles. The fraction of sp³-hybridized carbons (Fsp3) is 0.435. The maximum atomic E-state index is 13.2. The molecule has 0 bridgehead atoms. The van der Waals surface area contributed by atoms with Crippen molar-refractivity contribution in [2.45, 2.75) is 63.2 Å². The summed E-state index contributed by atoms with van der Waals surface area (Å²) in [7, 11) is 0. The molecular formula is C23H26FNO3. The first kappa shape index (κ1) is 18.9. The van der Waals surface area contributed by atoms with Gasteiger partial charge >= 0.3 is 0 Å². The summed E-state index contributed by atoms with van der Waals surface area (Å²) < 4.78 is 19.2. The molecule has 1 saturated carbocycles. The van der Waals surface area contributed by atoms with E-state index >= 15 is 0 Å². The van der Waals surface area contributed by atoms with Gasteiger partial charge in [0.25, 0.3) is 5.91 Å². The molecule has 0 unspecified atom stereocenters. The SMILES string of the molecule is CC1(C)Oc2ccc(C3CCCC3)cc2[C@H](NC(=O)c2ccc(F)cc2)[C@H]1O. The minimum Gasteiger partial charge on any atom is -0.485 e. The van der Waals surface area contributed by atoms with Gasteiger partial charge in [-0.25, -0.2) is 4.39 Å². The Kier molecular flexibility index (Phi) is 4.88. The van der Waals surface area contributed by atoms with E-state index in [9.17, 15) is 14.3 Å². The van der Waals surface area contributed by atoms with Gasteiger partial charge in [0.2, 0.25) is 0 Å². The van der Waals surface area contributed by atoms with Crippen LogP contribution in [0.4, 0.5) is 4.39 Å². The van der Waals surface area contributed by atoms with Gasteiger partial charge in [0.15, 0.2) is 0 Å². The summed E-state index contributed by atoms with van der Waals surface area (Å²) in [5.74, 6) is 0.460. The van der Waals surface area contributed by atoms with Crippen LogP contribution in [0.1, 0.15) is 73.0 Å². The molecule has 0 radical (unpaired) electrons. The minimum atomic E-state index is -0.914. The van der Waals surface area contributed by atoms with Gasteiger partial charge in [-0.1, -0.05) is 18.9 Å². The zero-order chi connectivity index (χ0) is 19.9. The van der Waals surface area contributed by atoms with Crippen LogP contribution in [-0.4, -0.2) is 22.7 Å². The van der Waals surface area contributed by atoms with Gasteiger partial charge in [-0.05, 0) is 74.6 Å². The zero-order valence-corrected chi connectivity index (χ0v) is 16.2. The molecular weight excluding hydrogens is 357 g/mol. The van der Waals surface area contributed by atoms with E-state index in [1.54, 1.807) is 0 Å². The number of halogens is 1. The van der Waals surface area contributed by atoms with E-state index in [0.717, 1.165) is 5.56 Å². The minimum absolute atomic E-state index is 0.348. The van der Waals surface area contributed by atoms with Crippen LogP contribution in [0, 0.1) is 5.82 Å². The van der Waals surface area contributed by atoms with Crippen molar-refractivity contribution in [1.29, 1.82) is 0 Å². The number of nitrogens with one attached hydrogen (secondary N) is 1. The molecule has 0 aromatic heterocycles. The summed E-state index contributed by atoms with van der Waals surface area (Å²) in [6, 6.07) is 10.9. The number of fused-ring (bicyclic) bond motifs is 1. The highest BCUT2D eigenvalue weighted by molar-refractivity contribution is 5.94. The molecule has 2 aromatic rings.